The summed E-state index contributed by atoms with van der Waals surface area (Å²) < 4.78 is 10.9. The number of methoxy groups -OCH3 is 1. The minimum Gasteiger partial charge on any atom is -0.493 e. The summed E-state index contributed by atoms with van der Waals surface area (Å²) in [4.78, 5) is 4.03. The summed E-state index contributed by atoms with van der Waals surface area (Å²) in [5, 5.41) is 0.484. The Morgan fingerprint density at radius 1 is 1.18 bits per heavy atom. The monoisotopic (exact) mass is 249 g/mol. The molecule has 3 nitrogen and oxygen atoms in total. The van der Waals surface area contributed by atoms with Crippen LogP contribution in [0.2, 0.25) is 5.15 Å². The lowest BCUT2D eigenvalue weighted by Crippen LogP contribution is -1.91. The highest BCUT2D eigenvalue weighted by atomic mass is 35.5. The molecule has 0 N–H and O–H groups in total. The Morgan fingerprint density at radius 3 is 2.53 bits per heavy atom. The Morgan fingerprint density at radius 2 is 1.88 bits per heavy atom. The Labute approximate surface area is 105 Å². The molecule has 88 valence electrons. The molecule has 0 atom stereocenters. The second-order valence-corrected chi connectivity index (χ2v) is 3.89. The van der Waals surface area contributed by atoms with Crippen LogP contribution in [0.25, 0.3) is 0 Å². The van der Waals surface area contributed by atoms with Crippen molar-refractivity contribution in [2.75, 3.05) is 7.11 Å². The number of ether oxygens (including phenoxy) is 2. The third-order valence-electron chi connectivity index (χ3n) is 2.29. The van der Waals surface area contributed by atoms with Gasteiger partial charge in [0.15, 0.2) is 11.5 Å². The van der Waals surface area contributed by atoms with Crippen molar-refractivity contribution in [3.05, 3.63) is 47.2 Å². The number of para-hydroxylation sites is 2. The second-order valence-electron chi connectivity index (χ2n) is 3.53. The molecule has 1 aromatic heterocycles. The van der Waals surface area contributed by atoms with Gasteiger partial charge < -0.3 is 9.47 Å². The first kappa shape index (κ1) is 11.7. The fourth-order valence-electron chi connectivity index (χ4n) is 1.42. The molecule has 0 radical (unpaired) electrons. The summed E-state index contributed by atoms with van der Waals surface area (Å²) in [6.45, 7) is 1.88. The van der Waals surface area contributed by atoms with E-state index >= 15 is 0 Å². The first-order valence-corrected chi connectivity index (χ1v) is 5.51. The smallest absolute Gasteiger partial charge is 0.169 e. The molecule has 0 saturated carbocycles. The molecule has 0 amide bonds. The molecule has 0 aliphatic heterocycles. The molecule has 4 heteroatoms. The van der Waals surface area contributed by atoms with Gasteiger partial charge in [-0.3, -0.25) is 0 Å². The van der Waals surface area contributed by atoms with E-state index in [4.69, 9.17) is 21.1 Å². The van der Waals surface area contributed by atoms with Crippen molar-refractivity contribution >= 4 is 11.6 Å². The first-order valence-electron chi connectivity index (χ1n) is 5.13. The third-order valence-corrected chi connectivity index (χ3v) is 2.68. The van der Waals surface area contributed by atoms with E-state index in [-0.39, 0.29) is 0 Å². The molecular formula is C13H12ClNO2. The Balaban J connectivity index is 2.28. The molecule has 2 aromatic rings. The van der Waals surface area contributed by atoms with Crippen LogP contribution in [0.3, 0.4) is 0 Å². The van der Waals surface area contributed by atoms with Crippen LogP contribution in [0.5, 0.6) is 17.2 Å². The fraction of sp³-hybridized carbons (Fsp3) is 0.154. The number of aryl methyl sites for hydroxylation is 1. The summed E-state index contributed by atoms with van der Waals surface area (Å²) in [6.07, 6.45) is 1.59. The molecule has 0 saturated heterocycles. The summed E-state index contributed by atoms with van der Waals surface area (Å²) >= 11 is 5.85. The molecule has 0 aliphatic carbocycles. The number of benzene rings is 1. The van der Waals surface area contributed by atoms with Gasteiger partial charge in [-0.2, -0.15) is 0 Å². The van der Waals surface area contributed by atoms with Gasteiger partial charge in [0.25, 0.3) is 0 Å². The zero-order valence-electron chi connectivity index (χ0n) is 9.61. The Hall–Kier alpha value is -1.74. The molecule has 0 aliphatic rings. The van der Waals surface area contributed by atoms with Crippen molar-refractivity contribution in [2.45, 2.75) is 6.92 Å². The quantitative estimate of drug-likeness (QED) is 0.775. The number of nitrogens with zero attached hydrogens (tertiary/aromatic N) is 1. The number of hydrogen-bond acceptors (Lipinski definition) is 3. The van der Waals surface area contributed by atoms with Crippen LogP contribution in [0.1, 0.15) is 5.56 Å². The summed E-state index contributed by atoms with van der Waals surface area (Å²) in [7, 11) is 1.60. The minimum absolute atomic E-state index is 0.484. The highest BCUT2D eigenvalue weighted by Gasteiger charge is 2.05. The van der Waals surface area contributed by atoms with E-state index in [0.29, 0.717) is 22.4 Å². The van der Waals surface area contributed by atoms with Gasteiger partial charge in [0, 0.05) is 0 Å². The van der Waals surface area contributed by atoms with Crippen molar-refractivity contribution in [2.24, 2.45) is 0 Å². The molecule has 1 heterocycles. The van der Waals surface area contributed by atoms with Crippen LogP contribution in [0.4, 0.5) is 0 Å². The molecule has 17 heavy (non-hydrogen) atoms. The van der Waals surface area contributed by atoms with Gasteiger partial charge in [0.2, 0.25) is 0 Å². The average Bonchev–Trinajstić information content (AvgIpc) is 2.34. The van der Waals surface area contributed by atoms with Gasteiger partial charge in [-0.25, -0.2) is 4.98 Å². The van der Waals surface area contributed by atoms with Crippen LogP contribution >= 0.6 is 11.6 Å². The van der Waals surface area contributed by atoms with Crippen molar-refractivity contribution in [3.8, 4) is 17.2 Å². The zero-order valence-corrected chi connectivity index (χ0v) is 10.4. The summed E-state index contributed by atoms with van der Waals surface area (Å²) in [6, 6.07) is 9.28. The summed E-state index contributed by atoms with van der Waals surface area (Å²) in [5.41, 5.74) is 0.874. The van der Waals surface area contributed by atoms with Crippen molar-refractivity contribution < 1.29 is 9.47 Å². The summed E-state index contributed by atoms with van der Waals surface area (Å²) in [5.74, 6) is 1.97. The lowest BCUT2D eigenvalue weighted by atomic mass is 10.3. The van der Waals surface area contributed by atoms with Crippen LogP contribution in [0, 0.1) is 6.92 Å². The van der Waals surface area contributed by atoms with Crippen molar-refractivity contribution in [3.63, 3.8) is 0 Å². The van der Waals surface area contributed by atoms with Crippen LogP contribution in [-0.4, -0.2) is 12.1 Å². The van der Waals surface area contributed by atoms with E-state index in [1.165, 1.54) is 0 Å². The second kappa shape index (κ2) is 5.06. The minimum atomic E-state index is 0.484. The lowest BCUT2D eigenvalue weighted by molar-refractivity contribution is 0.378. The molecule has 2 rings (SSSR count). The molecule has 0 fully saturated rings. The molecule has 1 aromatic carbocycles. The first-order chi connectivity index (χ1) is 8.20. The largest absolute Gasteiger partial charge is 0.493 e. The average molecular weight is 250 g/mol. The van der Waals surface area contributed by atoms with Crippen molar-refractivity contribution in [1.82, 2.24) is 4.98 Å². The maximum absolute atomic E-state index is 5.85. The number of pyridine rings is 1. The normalized spacial score (nSPS) is 10.1. The number of aromatic nitrogens is 1. The topological polar surface area (TPSA) is 31.4 Å². The Kier molecular flexibility index (Phi) is 3.49. The predicted molar refractivity (Wildman–Crippen MR) is 67.1 cm³/mol. The van der Waals surface area contributed by atoms with E-state index in [9.17, 15) is 0 Å². The number of rotatable bonds is 3. The van der Waals surface area contributed by atoms with E-state index in [2.05, 4.69) is 4.98 Å². The Bertz CT molecular complexity index is 529. The van der Waals surface area contributed by atoms with Crippen LogP contribution in [-0.2, 0) is 0 Å². The molecular weight excluding hydrogens is 238 g/mol. The highest BCUT2D eigenvalue weighted by molar-refractivity contribution is 6.30. The maximum Gasteiger partial charge on any atom is 0.169 e. The van der Waals surface area contributed by atoms with Gasteiger partial charge in [-0.1, -0.05) is 23.7 Å². The third kappa shape index (κ3) is 2.68. The molecule has 0 bridgehead atoms. The zero-order chi connectivity index (χ0) is 12.3. The van der Waals surface area contributed by atoms with Gasteiger partial charge in [-0.15, -0.1) is 0 Å². The maximum atomic E-state index is 5.85. The van der Waals surface area contributed by atoms with E-state index in [1.807, 2.05) is 37.3 Å². The van der Waals surface area contributed by atoms with Crippen LogP contribution in [0.15, 0.2) is 36.5 Å². The van der Waals surface area contributed by atoms with Crippen molar-refractivity contribution in [1.29, 1.82) is 0 Å². The van der Waals surface area contributed by atoms with Gasteiger partial charge >= 0.3 is 0 Å². The SMILES string of the molecule is COc1ccccc1Oc1cnc(Cl)c(C)c1. The standard InChI is InChI=1S/C13H12ClNO2/c1-9-7-10(8-15-13(9)14)17-12-6-4-3-5-11(12)16-2/h3-8H,1-2H3. The van der Waals surface area contributed by atoms with E-state index in [1.54, 1.807) is 13.3 Å². The lowest BCUT2D eigenvalue weighted by Gasteiger charge is -2.10. The van der Waals surface area contributed by atoms with Gasteiger partial charge in [0.05, 0.1) is 13.3 Å². The number of halogens is 1. The van der Waals surface area contributed by atoms with E-state index < -0.39 is 0 Å². The molecule has 0 unspecified atom stereocenters. The van der Waals surface area contributed by atoms with E-state index in [0.717, 1.165) is 5.56 Å². The fourth-order valence-corrected chi connectivity index (χ4v) is 1.52. The highest BCUT2D eigenvalue weighted by Crippen LogP contribution is 2.31. The number of hydrogen-bond donors (Lipinski definition) is 0. The van der Waals surface area contributed by atoms with Gasteiger partial charge in [0.1, 0.15) is 10.9 Å². The van der Waals surface area contributed by atoms with Crippen LogP contribution < -0.4 is 9.47 Å². The predicted octanol–water partition coefficient (Wildman–Crippen LogP) is 3.84. The van der Waals surface area contributed by atoms with Gasteiger partial charge in [-0.05, 0) is 30.7 Å². The molecule has 0 spiro atoms.